The number of allylic oxidation sites excluding steroid dienone is 1. The number of rotatable bonds is 3. The van der Waals surface area contributed by atoms with E-state index >= 15 is 0 Å². The number of nitrogen functional groups attached to an aromatic ring is 1. The molecule has 0 aliphatic heterocycles. The Morgan fingerprint density at radius 1 is 1.71 bits per heavy atom. The molecule has 0 amide bonds. The molecule has 0 aliphatic carbocycles. The van der Waals surface area contributed by atoms with E-state index in [0.717, 1.165) is 5.57 Å². The predicted octanol–water partition coefficient (Wildman–Crippen LogP) is 0.725. The minimum Gasteiger partial charge on any atom is -0.318 e. The van der Waals surface area contributed by atoms with Crippen molar-refractivity contribution in [1.82, 2.24) is 9.97 Å². The number of nitrogens with zero attached hydrogens (tertiary/aromatic N) is 1. The van der Waals surface area contributed by atoms with Crippen molar-refractivity contribution in [3.63, 3.8) is 0 Å². The van der Waals surface area contributed by atoms with Gasteiger partial charge in [0.2, 0.25) is 0 Å². The largest absolute Gasteiger partial charge is 0.318 e. The summed E-state index contributed by atoms with van der Waals surface area (Å²) >= 11 is 0. The van der Waals surface area contributed by atoms with Gasteiger partial charge in [-0.05, 0) is 11.5 Å². The summed E-state index contributed by atoms with van der Waals surface area (Å²) in [5, 5.41) is 0. The van der Waals surface area contributed by atoms with Crippen LogP contribution in [0.15, 0.2) is 17.7 Å². The average molecular weight is 194 g/mol. The maximum absolute atomic E-state index is 11.3. The third kappa shape index (κ3) is 1.82. The Hall–Kier alpha value is -1.62. The number of aromatic nitrogens is 2. The fraction of sp³-hybridized carbons (Fsp3) is 0.333. The highest BCUT2D eigenvalue weighted by Crippen LogP contribution is 2.22. The van der Waals surface area contributed by atoms with Crippen molar-refractivity contribution in [1.29, 1.82) is 0 Å². The SMILES string of the molecule is C=C(c1nc[nH]c(=O)c1NN)C(C)C. The minimum absolute atomic E-state index is 0.219. The zero-order valence-corrected chi connectivity index (χ0v) is 8.29. The van der Waals surface area contributed by atoms with Gasteiger partial charge in [0, 0.05) is 0 Å². The zero-order valence-electron chi connectivity index (χ0n) is 8.29. The number of hydrogen-bond acceptors (Lipinski definition) is 4. The van der Waals surface area contributed by atoms with Crippen LogP contribution in [0.5, 0.6) is 0 Å². The number of hydrazine groups is 1. The summed E-state index contributed by atoms with van der Waals surface area (Å²) in [4.78, 5) is 17.8. The van der Waals surface area contributed by atoms with Crippen molar-refractivity contribution >= 4 is 11.3 Å². The van der Waals surface area contributed by atoms with Crippen LogP contribution in [0.4, 0.5) is 5.69 Å². The first-order valence-electron chi connectivity index (χ1n) is 4.31. The molecule has 5 nitrogen and oxygen atoms in total. The Balaban J connectivity index is 3.27. The van der Waals surface area contributed by atoms with Gasteiger partial charge in [0.25, 0.3) is 5.56 Å². The van der Waals surface area contributed by atoms with Crippen LogP contribution in [-0.4, -0.2) is 9.97 Å². The Bertz CT molecular complexity index is 394. The first-order chi connectivity index (χ1) is 6.57. The van der Waals surface area contributed by atoms with Crippen molar-refractivity contribution in [3.05, 3.63) is 29.0 Å². The zero-order chi connectivity index (χ0) is 10.7. The molecule has 4 N–H and O–H groups in total. The smallest absolute Gasteiger partial charge is 0.276 e. The summed E-state index contributed by atoms with van der Waals surface area (Å²) in [6.07, 6.45) is 1.34. The number of nitrogens with two attached hydrogens (primary N) is 1. The number of nitrogens with one attached hydrogen (secondary N) is 2. The second-order valence-electron chi connectivity index (χ2n) is 3.28. The van der Waals surface area contributed by atoms with Crippen LogP contribution in [0.2, 0.25) is 0 Å². The molecule has 14 heavy (non-hydrogen) atoms. The molecule has 0 aromatic carbocycles. The van der Waals surface area contributed by atoms with E-state index in [-0.39, 0.29) is 17.2 Å². The molecule has 0 radical (unpaired) electrons. The van der Waals surface area contributed by atoms with Crippen LogP contribution in [-0.2, 0) is 0 Å². The summed E-state index contributed by atoms with van der Waals surface area (Å²) in [5.74, 6) is 5.46. The fourth-order valence-corrected chi connectivity index (χ4v) is 1.05. The first kappa shape index (κ1) is 10.5. The molecular formula is C9H14N4O. The van der Waals surface area contributed by atoms with Gasteiger partial charge < -0.3 is 10.4 Å². The molecule has 0 spiro atoms. The van der Waals surface area contributed by atoms with Gasteiger partial charge in [0.15, 0.2) is 0 Å². The number of H-pyrrole nitrogens is 1. The lowest BCUT2D eigenvalue weighted by Crippen LogP contribution is -2.21. The van der Waals surface area contributed by atoms with Gasteiger partial charge in [-0.2, -0.15) is 0 Å². The van der Waals surface area contributed by atoms with Crippen molar-refractivity contribution in [3.8, 4) is 0 Å². The van der Waals surface area contributed by atoms with Crippen LogP contribution in [0.25, 0.3) is 5.57 Å². The summed E-state index contributed by atoms with van der Waals surface area (Å²) in [7, 11) is 0. The molecule has 1 rings (SSSR count). The molecule has 76 valence electrons. The molecule has 5 heteroatoms. The van der Waals surface area contributed by atoms with E-state index in [1.54, 1.807) is 0 Å². The van der Waals surface area contributed by atoms with Crippen LogP contribution in [0.1, 0.15) is 19.5 Å². The highest BCUT2D eigenvalue weighted by molar-refractivity contribution is 5.71. The highest BCUT2D eigenvalue weighted by atomic mass is 16.1. The van der Waals surface area contributed by atoms with Crippen molar-refractivity contribution in [2.24, 2.45) is 11.8 Å². The predicted molar refractivity (Wildman–Crippen MR) is 56.5 cm³/mol. The van der Waals surface area contributed by atoms with E-state index < -0.39 is 0 Å². The van der Waals surface area contributed by atoms with Crippen LogP contribution in [0, 0.1) is 5.92 Å². The Labute approximate surface area is 82.0 Å². The summed E-state index contributed by atoms with van der Waals surface area (Å²) in [6, 6.07) is 0. The quantitative estimate of drug-likeness (QED) is 0.489. The maximum atomic E-state index is 11.3. The molecule has 0 unspecified atom stereocenters. The van der Waals surface area contributed by atoms with E-state index in [1.165, 1.54) is 6.33 Å². The topological polar surface area (TPSA) is 83.8 Å². The highest BCUT2D eigenvalue weighted by Gasteiger charge is 2.12. The molecule has 0 aliphatic rings. The molecule has 0 saturated heterocycles. The van der Waals surface area contributed by atoms with Gasteiger partial charge in [-0.25, -0.2) is 4.98 Å². The van der Waals surface area contributed by atoms with E-state index in [4.69, 9.17) is 5.84 Å². The van der Waals surface area contributed by atoms with E-state index in [1.807, 2.05) is 13.8 Å². The lowest BCUT2D eigenvalue weighted by atomic mass is 10.0. The van der Waals surface area contributed by atoms with Gasteiger partial charge in [0.05, 0.1) is 12.0 Å². The molecule has 0 bridgehead atoms. The first-order valence-corrected chi connectivity index (χ1v) is 4.31. The Kier molecular flexibility index (Phi) is 3.03. The van der Waals surface area contributed by atoms with Gasteiger partial charge in [0.1, 0.15) is 5.69 Å². The monoisotopic (exact) mass is 194 g/mol. The van der Waals surface area contributed by atoms with E-state index in [2.05, 4.69) is 22.0 Å². The number of aromatic amines is 1. The Morgan fingerprint density at radius 2 is 2.36 bits per heavy atom. The van der Waals surface area contributed by atoms with Gasteiger partial charge >= 0.3 is 0 Å². The normalized spacial score (nSPS) is 10.3. The van der Waals surface area contributed by atoms with Crippen LogP contribution in [0.3, 0.4) is 0 Å². The number of anilines is 1. The van der Waals surface area contributed by atoms with E-state index in [9.17, 15) is 4.79 Å². The lowest BCUT2D eigenvalue weighted by molar-refractivity contribution is 0.848. The molecular weight excluding hydrogens is 180 g/mol. The maximum Gasteiger partial charge on any atom is 0.276 e. The number of hydrogen-bond donors (Lipinski definition) is 3. The van der Waals surface area contributed by atoms with Crippen LogP contribution < -0.4 is 16.8 Å². The average Bonchev–Trinajstić information content (AvgIpc) is 2.16. The van der Waals surface area contributed by atoms with Crippen molar-refractivity contribution in [2.75, 3.05) is 5.43 Å². The fourth-order valence-electron chi connectivity index (χ4n) is 1.05. The summed E-state index contributed by atoms with van der Waals surface area (Å²) in [6.45, 7) is 7.82. The van der Waals surface area contributed by atoms with Gasteiger partial charge in [-0.1, -0.05) is 20.4 Å². The second kappa shape index (κ2) is 4.06. The van der Waals surface area contributed by atoms with Gasteiger partial charge in [-0.3, -0.25) is 10.6 Å². The molecule has 0 atom stereocenters. The van der Waals surface area contributed by atoms with Crippen molar-refractivity contribution in [2.45, 2.75) is 13.8 Å². The minimum atomic E-state index is -0.292. The molecule has 1 aromatic rings. The van der Waals surface area contributed by atoms with Crippen molar-refractivity contribution < 1.29 is 0 Å². The summed E-state index contributed by atoms with van der Waals surface area (Å²) < 4.78 is 0. The van der Waals surface area contributed by atoms with Gasteiger partial charge in [-0.15, -0.1) is 0 Å². The molecule has 0 saturated carbocycles. The Morgan fingerprint density at radius 3 is 2.86 bits per heavy atom. The third-order valence-electron chi connectivity index (χ3n) is 2.00. The third-order valence-corrected chi connectivity index (χ3v) is 2.00. The lowest BCUT2D eigenvalue weighted by Gasteiger charge is -2.11. The van der Waals surface area contributed by atoms with E-state index in [0.29, 0.717) is 5.69 Å². The molecule has 1 heterocycles. The standard InChI is InChI=1S/C9H14N4O/c1-5(2)6(3)7-8(13-10)9(14)12-4-11-7/h4-5,13H,3,10H2,1-2H3,(H,11,12,14). The second-order valence-corrected chi connectivity index (χ2v) is 3.28. The summed E-state index contributed by atoms with van der Waals surface area (Å²) in [5.41, 5.74) is 3.60. The van der Waals surface area contributed by atoms with Crippen LogP contribution >= 0.6 is 0 Å². The molecule has 1 aromatic heterocycles. The molecule has 0 fully saturated rings.